The van der Waals surface area contributed by atoms with Crippen LogP contribution in [0.4, 0.5) is 4.39 Å². The SMILES string of the molecule is Cc1ccc(C(CN)N(C)C2CCCCCC2)cc1F. The zero-order chi connectivity index (χ0) is 14.5. The highest BCUT2D eigenvalue weighted by molar-refractivity contribution is 5.26. The van der Waals surface area contributed by atoms with Gasteiger partial charge in [0, 0.05) is 18.6 Å². The van der Waals surface area contributed by atoms with Crippen LogP contribution in [0.15, 0.2) is 18.2 Å². The van der Waals surface area contributed by atoms with E-state index >= 15 is 0 Å². The molecule has 1 fully saturated rings. The van der Waals surface area contributed by atoms with Crippen LogP contribution in [0.3, 0.4) is 0 Å². The minimum atomic E-state index is -0.129. The number of hydrogen-bond donors (Lipinski definition) is 1. The normalized spacial score (nSPS) is 19.1. The molecule has 1 aliphatic rings. The van der Waals surface area contributed by atoms with Gasteiger partial charge in [-0.3, -0.25) is 4.90 Å². The molecule has 0 aliphatic heterocycles. The van der Waals surface area contributed by atoms with Crippen molar-refractivity contribution >= 4 is 0 Å². The Hall–Kier alpha value is -0.930. The molecule has 1 atom stereocenters. The summed E-state index contributed by atoms with van der Waals surface area (Å²) >= 11 is 0. The fourth-order valence-electron chi connectivity index (χ4n) is 3.27. The van der Waals surface area contributed by atoms with E-state index in [1.54, 1.807) is 13.0 Å². The number of nitrogens with two attached hydrogens (primary N) is 1. The Morgan fingerprint density at radius 2 is 1.90 bits per heavy atom. The highest BCUT2D eigenvalue weighted by Gasteiger charge is 2.24. The van der Waals surface area contributed by atoms with Crippen molar-refractivity contribution in [2.24, 2.45) is 5.73 Å². The number of benzene rings is 1. The molecule has 0 bridgehead atoms. The van der Waals surface area contributed by atoms with E-state index in [-0.39, 0.29) is 11.9 Å². The molecule has 1 aromatic carbocycles. The molecule has 1 aliphatic carbocycles. The van der Waals surface area contributed by atoms with Crippen molar-refractivity contribution in [1.82, 2.24) is 4.90 Å². The van der Waals surface area contributed by atoms with Crippen LogP contribution in [0.5, 0.6) is 0 Å². The second-order valence-electron chi connectivity index (χ2n) is 6.07. The van der Waals surface area contributed by atoms with Gasteiger partial charge in [0.25, 0.3) is 0 Å². The molecule has 0 spiro atoms. The lowest BCUT2D eigenvalue weighted by atomic mass is 9.99. The van der Waals surface area contributed by atoms with Gasteiger partial charge in [-0.15, -0.1) is 0 Å². The van der Waals surface area contributed by atoms with Crippen molar-refractivity contribution in [2.75, 3.05) is 13.6 Å². The minimum Gasteiger partial charge on any atom is -0.329 e. The Morgan fingerprint density at radius 1 is 1.25 bits per heavy atom. The average Bonchev–Trinajstić information content (AvgIpc) is 2.72. The van der Waals surface area contributed by atoms with Crippen molar-refractivity contribution in [3.8, 4) is 0 Å². The van der Waals surface area contributed by atoms with Crippen LogP contribution < -0.4 is 5.73 Å². The number of likely N-dealkylation sites (N-methyl/N-ethyl adjacent to an activating group) is 1. The molecule has 1 aromatic rings. The molecule has 2 rings (SSSR count). The van der Waals surface area contributed by atoms with Crippen LogP contribution in [0.1, 0.15) is 55.7 Å². The highest BCUT2D eigenvalue weighted by Crippen LogP contribution is 2.28. The first-order valence-electron chi connectivity index (χ1n) is 7.81. The second-order valence-corrected chi connectivity index (χ2v) is 6.07. The summed E-state index contributed by atoms with van der Waals surface area (Å²) in [4.78, 5) is 2.37. The average molecular weight is 278 g/mol. The van der Waals surface area contributed by atoms with Gasteiger partial charge in [-0.1, -0.05) is 37.8 Å². The van der Waals surface area contributed by atoms with E-state index < -0.39 is 0 Å². The quantitative estimate of drug-likeness (QED) is 0.849. The molecular weight excluding hydrogens is 251 g/mol. The van der Waals surface area contributed by atoms with Crippen LogP contribution in [0, 0.1) is 12.7 Å². The summed E-state index contributed by atoms with van der Waals surface area (Å²) in [5, 5.41) is 0. The van der Waals surface area contributed by atoms with Gasteiger partial charge in [0.15, 0.2) is 0 Å². The lowest BCUT2D eigenvalue weighted by Crippen LogP contribution is -2.38. The van der Waals surface area contributed by atoms with Crippen LogP contribution in [-0.4, -0.2) is 24.5 Å². The van der Waals surface area contributed by atoms with Gasteiger partial charge < -0.3 is 5.73 Å². The summed E-state index contributed by atoms with van der Waals surface area (Å²) in [7, 11) is 2.14. The molecule has 0 saturated heterocycles. The molecule has 0 aromatic heterocycles. The molecule has 0 radical (unpaired) electrons. The predicted octanol–water partition coefficient (Wildman–Crippen LogP) is 3.79. The van der Waals surface area contributed by atoms with Crippen molar-refractivity contribution < 1.29 is 4.39 Å². The zero-order valence-corrected chi connectivity index (χ0v) is 12.7. The Labute approximate surface area is 122 Å². The molecule has 2 nitrogen and oxygen atoms in total. The van der Waals surface area contributed by atoms with Crippen LogP contribution >= 0.6 is 0 Å². The van der Waals surface area contributed by atoms with E-state index in [4.69, 9.17) is 5.73 Å². The zero-order valence-electron chi connectivity index (χ0n) is 12.7. The Balaban J connectivity index is 2.15. The van der Waals surface area contributed by atoms with Gasteiger partial charge in [-0.25, -0.2) is 4.39 Å². The van der Waals surface area contributed by atoms with Gasteiger partial charge in [0.2, 0.25) is 0 Å². The Bertz CT molecular complexity index is 425. The fourth-order valence-corrected chi connectivity index (χ4v) is 3.27. The molecule has 2 N–H and O–H groups in total. The summed E-state index contributed by atoms with van der Waals surface area (Å²) in [6.45, 7) is 2.33. The Kier molecular flexibility index (Phi) is 5.55. The molecule has 112 valence electrons. The van der Waals surface area contributed by atoms with Crippen LogP contribution in [-0.2, 0) is 0 Å². The van der Waals surface area contributed by atoms with Gasteiger partial charge in [-0.05, 0) is 44.0 Å². The standard InChI is InChI=1S/C17H27FN2/c1-13-9-10-14(11-16(13)18)17(12-19)20(2)15-7-5-3-4-6-8-15/h9-11,15,17H,3-8,12,19H2,1-2H3. The van der Waals surface area contributed by atoms with Crippen molar-refractivity contribution in [3.05, 3.63) is 35.1 Å². The third kappa shape index (κ3) is 3.58. The van der Waals surface area contributed by atoms with Crippen LogP contribution in [0.2, 0.25) is 0 Å². The summed E-state index contributed by atoms with van der Waals surface area (Å²) in [5.41, 5.74) is 7.67. The molecule has 20 heavy (non-hydrogen) atoms. The third-order valence-corrected chi connectivity index (χ3v) is 4.70. The summed E-state index contributed by atoms with van der Waals surface area (Å²) in [5.74, 6) is -0.129. The van der Waals surface area contributed by atoms with E-state index in [0.717, 1.165) is 5.56 Å². The highest BCUT2D eigenvalue weighted by atomic mass is 19.1. The van der Waals surface area contributed by atoms with E-state index in [9.17, 15) is 4.39 Å². The number of nitrogens with zero attached hydrogens (tertiary/aromatic N) is 1. The first kappa shape index (κ1) is 15.5. The van der Waals surface area contributed by atoms with Gasteiger partial charge >= 0.3 is 0 Å². The summed E-state index contributed by atoms with van der Waals surface area (Å²) in [6.07, 6.45) is 7.76. The molecule has 0 amide bonds. The largest absolute Gasteiger partial charge is 0.329 e. The maximum Gasteiger partial charge on any atom is 0.126 e. The van der Waals surface area contributed by atoms with Gasteiger partial charge in [0.05, 0.1) is 0 Å². The van der Waals surface area contributed by atoms with E-state index in [1.807, 2.05) is 12.1 Å². The second kappa shape index (κ2) is 7.19. The summed E-state index contributed by atoms with van der Waals surface area (Å²) < 4.78 is 13.8. The monoisotopic (exact) mass is 278 g/mol. The smallest absolute Gasteiger partial charge is 0.126 e. The first-order valence-corrected chi connectivity index (χ1v) is 7.81. The fraction of sp³-hybridized carbons (Fsp3) is 0.647. The molecular formula is C17H27FN2. The summed E-state index contributed by atoms with van der Waals surface area (Å²) in [6, 6.07) is 6.22. The van der Waals surface area contributed by atoms with Gasteiger partial charge in [-0.2, -0.15) is 0 Å². The number of hydrogen-bond acceptors (Lipinski definition) is 2. The van der Waals surface area contributed by atoms with Crippen LogP contribution in [0.25, 0.3) is 0 Å². The van der Waals surface area contributed by atoms with Gasteiger partial charge in [0.1, 0.15) is 5.82 Å². The minimum absolute atomic E-state index is 0.119. The molecule has 1 unspecified atom stereocenters. The first-order chi connectivity index (χ1) is 9.63. The lowest BCUT2D eigenvalue weighted by molar-refractivity contribution is 0.161. The molecule has 3 heteroatoms. The Morgan fingerprint density at radius 3 is 2.45 bits per heavy atom. The predicted molar refractivity (Wildman–Crippen MR) is 82.2 cm³/mol. The molecule has 0 heterocycles. The number of rotatable bonds is 4. The van der Waals surface area contributed by atoms with Crippen molar-refractivity contribution in [3.63, 3.8) is 0 Å². The lowest BCUT2D eigenvalue weighted by Gasteiger charge is -2.34. The number of aryl methyl sites for hydroxylation is 1. The van der Waals surface area contributed by atoms with E-state index in [0.29, 0.717) is 18.2 Å². The molecule has 1 saturated carbocycles. The number of halogens is 1. The maximum atomic E-state index is 13.8. The van der Waals surface area contributed by atoms with E-state index in [1.165, 1.54) is 38.5 Å². The third-order valence-electron chi connectivity index (χ3n) is 4.70. The van der Waals surface area contributed by atoms with Crippen molar-refractivity contribution in [1.29, 1.82) is 0 Å². The maximum absolute atomic E-state index is 13.8. The van der Waals surface area contributed by atoms with Crippen molar-refractivity contribution in [2.45, 2.75) is 57.5 Å². The van der Waals surface area contributed by atoms with E-state index in [2.05, 4.69) is 11.9 Å². The topological polar surface area (TPSA) is 29.3 Å².